The number of aromatic amines is 1. The van der Waals surface area contributed by atoms with Gasteiger partial charge in [-0.2, -0.15) is 0 Å². The van der Waals surface area contributed by atoms with E-state index in [2.05, 4.69) is 10.3 Å². The van der Waals surface area contributed by atoms with Crippen LogP contribution in [0.1, 0.15) is 72.7 Å². The highest BCUT2D eigenvalue weighted by atomic mass is 16.7. The number of piperidine rings is 1. The molecule has 1 aromatic carbocycles. The van der Waals surface area contributed by atoms with Crippen LogP contribution in [0.4, 0.5) is 4.79 Å². The molecule has 2 N–H and O–H groups in total. The molecule has 0 saturated carbocycles. The maximum atomic E-state index is 13.5. The van der Waals surface area contributed by atoms with E-state index in [1.54, 1.807) is 17.0 Å². The number of benzene rings is 1. The average molecular weight is 512 g/mol. The fourth-order valence-corrected chi connectivity index (χ4v) is 4.82. The Morgan fingerprint density at radius 1 is 1.19 bits per heavy atom. The van der Waals surface area contributed by atoms with Gasteiger partial charge in [0.2, 0.25) is 5.91 Å². The monoisotopic (exact) mass is 512 g/mol. The Labute approximate surface area is 217 Å². The molecule has 2 aliphatic rings. The molecule has 0 aliphatic carbocycles. The van der Waals surface area contributed by atoms with Gasteiger partial charge in [-0.1, -0.05) is 19.9 Å². The number of carbonyl (C=O) groups is 2. The number of nitrogens with zero attached hydrogens (tertiary/aromatic N) is 2. The van der Waals surface area contributed by atoms with Crippen molar-refractivity contribution in [3.8, 4) is 0 Å². The third-order valence-corrected chi connectivity index (χ3v) is 7.77. The second-order valence-electron chi connectivity index (χ2n) is 11.2. The SMILES string of the molecule is COC(=O)N[C@H](C(=O)N1CCCC[C@H]1c1nc2ccc(B3OC(C)(C)C(C)(C)O3)cc2c(=O)[nH]1)C(C)C. The average Bonchev–Trinajstić information content (AvgIpc) is 3.08. The third kappa shape index (κ3) is 5.24. The predicted octanol–water partition coefficient (Wildman–Crippen LogP) is 2.66. The highest BCUT2D eigenvalue weighted by molar-refractivity contribution is 6.62. The number of rotatable bonds is 5. The molecule has 10 nitrogen and oxygen atoms in total. The van der Waals surface area contributed by atoms with Crippen LogP contribution in [0.25, 0.3) is 10.9 Å². The number of aromatic nitrogens is 2. The van der Waals surface area contributed by atoms with E-state index in [0.717, 1.165) is 18.3 Å². The summed E-state index contributed by atoms with van der Waals surface area (Å²) in [5.74, 6) is 0.0738. The zero-order valence-corrected chi connectivity index (χ0v) is 22.7. The molecule has 2 fully saturated rings. The van der Waals surface area contributed by atoms with Crippen LogP contribution in [0.5, 0.6) is 0 Å². The largest absolute Gasteiger partial charge is 0.494 e. The lowest BCUT2D eigenvalue weighted by molar-refractivity contribution is -0.138. The van der Waals surface area contributed by atoms with E-state index in [4.69, 9.17) is 19.0 Å². The maximum absolute atomic E-state index is 13.5. The molecule has 0 bridgehead atoms. The number of carbonyl (C=O) groups excluding carboxylic acids is 2. The highest BCUT2D eigenvalue weighted by Gasteiger charge is 2.51. The lowest BCUT2D eigenvalue weighted by Crippen LogP contribution is -2.53. The molecule has 2 amide bonds. The quantitative estimate of drug-likeness (QED) is 0.591. The molecule has 3 heterocycles. The van der Waals surface area contributed by atoms with Crippen molar-refractivity contribution in [3.63, 3.8) is 0 Å². The van der Waals surface area contributed by atoms with E-state index >= 15 is 0 Å². The summed E-state index contributed by atoms with van der Waals surface area (Å²) in [6, 6.07) is 4.26. The molecule has 11 heteroatoms. The Kier molecular flexibility index (Phi) is 7.40. The number of alkyl carbamates (subject to hydrolysis) is 1. The summed E-state index contributed by atoms with van der Waals surface area (Å²) >= 11 is 0. The van der Waals surface area contributed by atoms with Crippen LogP contribution in [0.15, 0.2) is 23.0 Å². The van der Waals surface area contributed by atoms with Gasteiger partial charge in [-0.3, -0.25) is 9.59 Å². The van der Waals surface area contributed by atoms with Crippen molar-refractivity contribution in [2.24, 2.45) is 5.92 Å². The molecule has 200 valence electrons. The van der Waals surface area contributed by atoms with Crippen molar-refractivity contribution in [1.29, 1.82) is 0 Å². The van der Waals surface area contributed by atoms with Gasteiger partial charge in [0.15, 0.2) is 0 Å². The molecule has 2 saturated heterocycles. The Hall–Kier alpha value is -2.92. The predicted molar refractivity (Wildman–Crippen MR) is 141 cm³/mol. The van der Waals surface area contributed by atoms with Crippen LogP contribution >= 0.6 is 0 Å². The minimum Gasteiger partial charge on any atom is -0.453 e. The Balaban J connectivity index is 1.64. The number of methoxy groups -OCH3 is 1. The molecule has 4 rings (SSSR count). The van der Waals surface area contributed by atoms with Crippen LogP contribution in [-0.2, 0) is 18.8 Å². The molecular weight excluding hydrogens is 475 g/mol. The minimum atomic E-state index is -0.748. The summed E-state index contributed by atoms with van der Waals surface area (Å²) in [7, 11) is 0.679. The van der Waals surface area contributed by atoms with Crippen LogP contribution in [0.2, 0.25) is 0 Å². The van der Waals surface area contributed by atoms with Gasteiger partial charge in [0.1, 0.15) is 11.9 Å². The van der Waals surface area contributed by atoms with Crippen molar-refractivity contribution in [2.45, 2.75) is 84.1 Å². The topological polar surface area (TPSA) is 123 Å². The zero-order valence-electron chi connectivity index (χ0n) is 22.7. The first-order valence-corrected chi connectivity index (χ1v) is 12.9. The van der Waals surface area contributed by atoms with Crippen molar-refractivity contribution in [3.05, 3.63) is 34.4 Å². The number of nitrogens with one attached hydrogen (secondary N) is 2. The van der Waals surface area contributed by atoms with E-state index in [0.29, 0.717) is 29.7 Å². The summed E-state index contributed by atoms with van der Waals surface area (Å²) in [6.45, 7) is 12.2. The molecule has 2 aromatic rings. The molecule has 1 aromatic heterocycles. The van der Waals surface area contributed by atoms with E-state index in [1.807, 2.05) is 47.6 Å². The summed E-state index contributed by atoms with van der Waals surface area (Å²) in [5, 5.41) is 3.08. The fourth-order valence-electron chi connectivity index (χ4n) is 4.82. The van der Waals surface area contributed by atoms with Gasteiger partial charge < -0.3 is 29.2 Å². The van der Waals surface area contributed by atoms with E-state index in [1.165, 1.54) is 7.11 Å². The summed E-state index contributed by atoms with van der Waals surface area (Å²) < 4.78 is 17.0. The molecule has 37 heavy (non-hydrogen) atoms. The molecule has 2 atom stereocenters. The van der Waals surface area contributed by atoms with Gasteiger partial charge in [-0.25, -0.2) is 9.78 Å². The van der Waals surface area contributed by atoms with Gasteiger partial charge in [0.05, 0.1) is 35.3 Å². The van der Waals surface area contributed by atoms with Crippen molar-refractivity contribution < 1.29 is 23.6 Å². The Morgan fingerprint density at radius 2 is 1.86 bits per heavy atom. The normalized spacial score (nSPS) is 21.8. The Bertz CT molecular complexity index is 1230. The minimum absolute atomic E-state index is 0.147. The van der Waals surface area contributed by atoms with Crippen molar-refractivity contribution in [1.82, 2.24) is 20.2 Å². The molecule has 0 unspecified atom stereocenters. The van der Waals surface area contributed by atoms with Gasteiger partial charge >= 0.3 is 13.2 Å². The second kappa shape index (κ2) is 10.1. The van der Waals surface area contributed by atoms with E-state index < -0.39 is 36.5 Å². The fraction of sp³-hybridized carbons (Fsp3) is 0.615. The smallest absolute Gasteiger partial charge is 0.453 e. The highest BCUT2D eigenvalue weighted by Crippen LogP contribution is 2.36. The number of ether oxygens (including phenoxy) is 1. The number of hydrogen-bond donors (Lipinski definition) is 2. The van der Waals surface area contributed by atoms with Crippen LogP contribution in [0, 0.1) is 5.92 Å². The lowest BCUT2D eigenvalue weighted by atomic mass is 9.78. The van der Waals surface area contributed by atoms with Gasteiger partial charge in [-0.05, 0) is 70.5 Å². The first-order valence-electron chi connectivity index (χ1n) is 12.9. The number of fused-ring (bicyclic) bond motifs is 1. The van der Waals surface area contributed by atoms with E-state index in [9.17, 15) is 14.4 Å². The van der Waals surface area contributed by atoms with Gasteiger partial charge in [0.25, 0.3) is 5.56 Å². The third-order valence-electron chi connectivity index (χ3n) is 7.77. The van der Waals surface area contributed by atoms with Crippen molar-refractivity contribution >= 4 is 35.5 Å². The zero-order chi connectivity index (χ0) is 27.1. The molecular formula is C26H37BN4O6. The summed E-state index contributed by atoms with van der Waals surface area (Å²) in [6.07, 6.45) is 1.74. The lowest BCUT2D eigenvalue weighted by Gasteiger charge is -2.38. The van der Waals surface area contributed by atoms with Crippen LogP contribution in [0.3, 0.4) is 0 Å². The molecule has 0 spiro atoms. The van der Waals surface area contributed by atoms with Crippen LogP contribution in [-0.4, -0.2) is 64.9 Å². The second-order valence-corrected chi connectivity index (χ2v) is 11.2. The molecule has 2 aliphatic heterocycles. The number of hydrogen-bond acceptors (Lipinski definition) is 7. The number of likely N-dealkylation sites (tertiary alicyclic amines) is 1. The number of H-pyrrole nitrogens is 1. The van der Waals surface area contributed by atoms with Gasteiger partial charge in [0, 0.05) is 6.54 Å². The Morgan fingerprint density at radius 3 is 2.49 bits per heavy atom. The van der Waals surface area contributed by atoms with Crippen molar-refractivity contribution in [2.75, 3.05) is 13.7 Å². The van der Waals surface area contributed by atoms with Crippen LogP contribution < -0.4 is 16.3 Å². The number of amides is 2. The summed E-state index contributed by atoms with van der Waals surface area (Å²) in [5.41, 5.74) is 0.00694. The van der Waals surface area contributed by atoms with E-state index in [-0.39, 0.29) is 17.4 Å². The maximum Gasteiger partial charge on any atom is 0.494 e. The first kappa shape index (κ1) is 27.1. The van der Waals surface area contributed by atoms with Gasteiger partial charge in [-0.15, -0.1) is 0 Å². The first-order chi connectivity index (χ1) is 17.3. The summed E-state index contributed by atoms with van der Waals surface area (Å²) in [4.78, 5) is 48.0. The standard InChI is InChI=1S/C26H37BN4O6/c1-15(2)20(29-24(34)35-7)23(33)31-13-9-8-10-19(31)21-28-18-12-11-16(14-17(18)22(32)30-21)27-36-25(3,4)26(5,6)37-27/h11-12,14-15,19-20H,8-10,13H2,1-7H3,(H,29,34)(H,28,30,32)/t19-,20-/m0/s1. The molecule has 0 radical (unpaired) electrons.